The molecule has 0 amide bonds. The minimum Gasteiger partial charge on any atom is -0.289 e. The summed E-state index contributed by atoms with van der Waals surface area (Å²) in [5.74, 6) is -0.284. The van der Waals surface area contributed by atoms with Crippen molar-refractivity contribution in [2.75, 3.05) is 6.26 Å². The van der Waals surface area contributed by atoms with Gasteiger partial charge in [0, 0.05) is 17.4 Å². The van der Waals surface area contributed by atoms with Gasteiger partial charge in [0.25, 0.3) is 0 Å². The third kappa shape index (κ3) is 3.34. The molecular weight excluding hydrogens is 308 g/mol. The number of carbonyl (C=O) groups is 1. The van der Waals surface area contributed by atoms with E-state index in [0.717, 1.165) is 17.4 Å². The Morgan fingerprint density at radius 2 is 1.67 bits per heavy atom. The van der Waals surface area contributed by atoms with Crippen molar-refractivity contribution in [2.24, 2.45) is 0 Å². The van der Waals surface area contributed by atoms with Crippen LogP contribution in [0.1, 0.15) is 27.0 Å². The van der Waals surface area contributed by atoms with Crippen molar-refractivity contribution in [1.29, 1.82) is 0 Å². The Hall–Kier alpha value is -1.65. The number of hydrogen-bond acceptors (Lipinski definition) is 3. The Kier molecular flexibility index (Phi) is 4.21. The lowest BCUT2D eigenvalue weighted by molar-refractivity contribution is 0.103. The molecule has 5 heteroatoms. The van der Waals surface area contributed by atoms with Crippen LogP contribution in [0.2, 0.25) is 5.02 Å². The minimum absolute atomic E-state index is 0.119. The molecule has 0 aliphatic carbocycles. The Morgan fingerprint density at radius 3 is 2.29 bits per heavy atom. The van der Waals surface area contributed by atoms with Gasteiger partial charge < -0.3 is 0 Å². The van der Waals surface area contributed by atoms with Crippen LogP contribution in [0.3, 0.4) is 0 Å². The summed E-state index contributed by atoms with van der Waals surface area (Å²) < 4.78 is 23.1. The largest absolute Gasteiger partial charge is 0.289 e. The molecule has 0 aliphatic rings. The molecule has 0 saturated heterocycles. The van der Waals surface area contributed by atoms with Crippen molar-refractivity contribution in [3.05, 3.63) is 63.7 Å². The van der Waals surface area contributed by atoms with Crippen molar-refractivity contribution in [3.63, 3.8) is 0 Å². The summed E-state index contributed by atoms with van der Waals surface area (Å²) in [6.45, 7) is 3.81. The highest BCUT2D eigenvalue weighted by molar-refractivity contribution is 7.90. The summed E-state index contributed by atoms with van der Waals surface area (Å²) in [6, 6.07) is 9.45. The maximum absolute atomic E-state index is 12.5. The molecule has 0 bridgehead atoms. The molecule has 0 atom stereocenters. The van der Waals surface area contributed by atoms with Crippen LogP contribution in [0.15, 0.2) is 41.3 Å². The van der Waals surface area contributed by atoms with Crippen LogP contribution < -0.4 is 0 Å². The van der Waals surface area contributed by atoms with E-state index in [1.165, 1.54) is 12.1 Å². The number of rotatable bonds is 3. The predicted octanol–water partition coefficient (Wildman–Crippen LogP) is 3.59. The molecule has 2 rings (SSSR count). The highest BCUT2D eigenvalue weighted by Crippen LogP contribution is 2.24. The second-order valence-electron chi connectivity index (χ2n) is 5.05. The van der Waals surface area contributed by atoms with Gasteiger partial charge >= 0.3 is 0 Å². The highest BCUT2D eigenvalue weighted by Gasteiger charge is 2.16. The van der Waals surface area contributed by atoms with Crippen LogP contribution in [0.4, 0.5) is 0 Å². The molecule has 3 nitrogen and oxygen atoms in total. The van der Waals surface area contributed by atoms with Crippen LogP contribution in [0.25, 0.3) is 0 Å². The topological polar surface area (TPSA) is 51.2 Å². The molecule has 0 fully saturated rings. The van der Waals surface area contributed by atoms with Crippen molar-refractivity contribution in [3.8, 4) is 0 Å². The first-order chi connectivity index (χ1) is 9.70. The van der Waals surface area contributed by atoms with E-state index in [-0.39, 0.29) is 10.7 Å². The highest BCUT2D eigenvalue weighted by atomic mass is 35.5. The molecule has 0 N–H and O–H groups in total. The molecule has 0 unspecified atom stereocenters. The van der Waals surface area contributed by atoms with E-state index in [9.17, 15) is 13.2 Å². The van der Waals surface area contributed by atoms with Gasteiger partial charge in [-0.05, 0) is 49.2 Å². The Morgan fingerprint density at radius 1 is 1.05 bits per heavy atom. The van der Waals surface area contributed by atoms with Crippen LogP contribution >= 0.6 is 11.6 Å². The zero-order valence-electron chi connectivity index (χ0n) is 12.0. The van der Waals surface area contributed by atoms with Crippen molar-refractivity contribution in [1.82, 2.24) is 0 Å². The molecule has 0 spiro atoms. The van der Waals surface area contributed by atoms with Gasteiger partial charge in [0.2, 0.25) is 0 Å². The van der Waals surface area contributed by atoms with E-state index >= 15 is 0 Å². The molecular formula is C16H15ClO3S. The molecule has 2 aromatic rings. The summed E-state index contributed by atoms with van der Waals surface area (Å²) in [5.41, 5.74) is 2.65. The van der Waals surface area contributed by atoms with Gasteiger partial charge in [-0.1, -0.05) is 23.7 Å². The van der Waals surface area contributed by atoms with Gasteiger partial charge in [-0.25, -0.2) is 8.42 Å². The first kappa shape index (κ1) is 15.7. The molecule has 0 aliphatic heterocycles. The third-order valence-electron chi connectivity index (χ3n) is 3.35. The van der Waals surface area contributed by atoms with E-state index in [4.69, 9.17) is 11.6 Å². The number of halogens is 1. The summed E-state index contributed by atoms with van der Waals surface area (Å²) in [6.07, 6.45) is 1.11. The smallest absolute Gasteiger partial charge is 0.194 e. The maximum Gasteiger partial charge on any atom is 0.194 e. The molecule has 21 heavy (non-hydrogen) atoms. The molecule has 2 aromatic carbocycles. The molecule has 0 aromatic heterocycles. The molecule has 0 radical (unpaired) electrons. The average Bonchev–Trinajstić information content (AvgIpc) is 2.41. The quantitative estimate of drug-likeness (QED) is 0.811. The number of ketones is 1. The number of carbonyl (C=O) groups excluding carboxylic acids is 1. The number of hydrogen-bond donors (Lipinski definition) is 0. The van der Waals surface area contributed by atoms with E-state index in [0.29, 0.717) is 16.1 Å². The maximum atomic E-state index is 12.5. The SMILES string of the molecule is Cc1cc(Cl)c(C(=O)c2cccc(S(C)(=O)=O)c2)cc1C. The van der Waals surface area contributed by atoms with Gasteiger partial charge in [-0.2, -0.15) is 0 Å². The van der Waals surface area contributed by atoms with Gasteiger partial charge in [0.1, 0.15) is 0 Å². The van der Waals surface area contributed by atoms with Crippen LogP contribution in [-0.2, 0) is 9.84 Å². The van der Waals surface area contributed by atoms with Gasteiger partial charge in [0.15, 0.2) is 15.6 Å². The second kappa shape index (κ2) is 5.62. The second-order valence-corrected chi connectivity index (χ2v) is 7.47. The lowest BCUT2D eigenvalue weighted by atomic mass is 9.99. The molecule has 110 valence electrons. The van der Waals surface area contributed by atoms with Crippen LogP contribution in [0, 0.1) is 13.8 Å². The van der Waals surface area contributed by atoms with E-state index in [1.54, 1.807) is 24.3 Å². The number of aryl methyl sites for hydroxylation is 2. The van der Waals surface area contributed by atoms with Crippen molar-refractivity contribution >= 4 is 27.2 Å². The van der Waals surface area contributed by atoms with E-state index < -0.39 is 9.84 Å². The monoisotopic (exact) mass is 322 g/mol. The molecule has 0 heterocycles. The lowest BCUT2D eigenvalue weighted by Crippen LogP contribution is -2.05. The first-order valence-corrected chi connectivity index (χ1v) is 8.58. The normalized spacial score (nSPS) is 11.4. The van der Waals surface area contributed by atoms with Gasteiger partial charge in [0.05, 0.1) is 9.92 Å². The van der Waals surface area contributed by atoms with E-state index in [2.05, 4.69) is 0 Å². The summed E-state index contributed by atoms with van der Waals surface area (Å²) in [4.78, 5) is 12.6. The van der Waals surface area contributed by atoms with Gasteiger partial charge in [-0.15, -0.1) is 0 Å². The van der Waals surface area contributed by atoms with Crippen LogP contribution in [-0.4, -0.2) is 20.5 Å². The fourth-order valence-electron chi connectivity index (χ4n) is 1.98. The summed E-state index contributed by atoms with van der Waals surface area (Å²) in [7, 11) is -3.35. The number of sulfone groups is 1. The summed E-state index contributed by atoms with van der Waals surface area (Å²) in [5, 5.41) is 0.368. The fourth-order valence-corrected chi connectivity index (χ4v) is 2.95. The minimum atomic E-state index is -3.35. The Bertz CT molecular complexity index is 823. The lowest BCUT2D eigenvalue weighted by Gasteiger charge is -2.08. The Balaban J connectivity index is 2.53. The number of benzene rings is 2. The first-order valence-electron chi connectivity index (χ1n) is 6.31. The zero-order chi connectivity index (χ0) is 15.8. The third-order valence-corrected chi connectivity index (χ3v) is 4.78. The fraction of sp³-hybridized carbons (Fsp3) is 0.188. The van der Waals surface area contributed by atoms with E-state index in [1.807, 2.05) is 13.8 Å². The summed E-state index contributed by atoms with van der Waals surface area (Å²) >= 11 is 6.14. The van der Waals surface area contributed by atoms with Crippen molar-refractivity contribution in [2.45, 2.75) is 18.7 Å². The zero-order valence-corrected chi connectivity index (χ0v) is 13.5. The predicted molar refractivity (Wildman–Crippen MR) is 83.9 cm³/mol. The average molecular weight is 323 g/mol. The van der Waals surface area contributed by atoms with Crippen LogP contribution in [0.5, 0.6) is 0 Å². The van der Waals surface area contributed by atoms with Gasteiger partial charge in [-0.3, -0.25) is 4.79 Å². The Labute approximate surface area is 129 Å². The molecule has 0 saturated carbocycles. The van der Waals surface area contributed by atoms with Crippen molar-refractivity contribution < 1.29 is 13.2 Å². The standard InChI is InChI=1S/C16H15ClO3S/c1-10-7-14(15(17)8-11(10)2)16(18)12-5-4-6-13(9-12)21(3,19)20/h4-9H,1-3H3.